The summed E-state index contributed by atoms with van der Waals surface area (Å²) in [5.74, 6) is 0.530. The SMILES string of the molecule is CN1CCN(c2cccc(Nc3nccc(-c4cn(C)nc4-c4ccc(NC(=O)N5CCCC5)cc4)n3)c2)CC1. The Hall–Kier alpha value is -4.44. The number of anilines is 4. The largest absolute Gasteiger partial charge is 0.369 e. The molecule has 0 aliphatic carbocycles. The maximum Gasteiger partial charge on any atom is 0.321 e. The molecule has 0 atom stereocenters. The smallest absolute Gasteiger partial charge is 0.321 e. The average Bonchev–Trinajstić information content (AvgIpc) is 3.65. The summed E-state index contributed by atoms with van der Waals surface area (Å²) in [6.45, 7) is 5.79. The fourth-order valence-corrected chi connectivity index (χ4v) is 5.27. The number of piperazine rings is 1. The number of aryl methyl sites for hydroxylation is 1. The van der Waals surface area contributed by atoms with Gasteiger partial charge in [-0.05, 0) is 56.3 Å². The van der Waals surface area contributed by atoms with Gasteiger partial charge >= 0.3 is 6.03 Å². The molecular formula is C30H35N9O. The molecule has 0 saturated carbocycles. The van der Waals surface area contributed by atoms with Crippen LogP contribution in [0.1, 0.15) is 12.8 Å². The van der Waals surface area contributed by atoms with E-state index in [1.54, 1.807) is 10.9 Å². The van der Waals surface area contributed by atoms with E-state index in [4.69, 9.17) is 10.1 Å². The molecule has 40 heavy (non-hydrogen) atoms. The van der Waals surface area contributed by atoms with Gasteiger partial charge in [0.15, 0.2) is 0 Å². The molecule has 4 heterocycles. The molecule has 0 spiro atoms. The minimum Gasteiger partial charge on any atom is -0.369 e. The summed E-state index contributed by atoms with van der Waals surface area (Å²) in [5.41, 5.74) is 6.38. The number of benzene rings is 2. The van der Waals surface area contributed by atoms with Crippen LogP contribution in [0, 0.1) is 0 Å². The minimum atomic E-state index is -0.0427. The predicted octanol–water partition coefficient (Wildman–Crippen LogP) is 4.67. The monoisotopic (exact) mass is 537 g/mol. The van der Waals surface area contributed by atoms with Gasteiger partial charge in [-0.1, -0.05) is 18.2 Å². The summed E-state index contributed by atoms with van der Waals surface area (Å²) in [4.78, 5) is 28.4. The van der Waals surface area contributed by atoms with Crippen molar-refractivity contribution in [2.45, 2.75) is 12.8 Å². The summed E-state index contributed by atoms with van der Waals surface area (Å²) in [5, 5.41) is 11.1. The fraction of sp³-hybridized carbons (Fsp3) is 0.333. The number of rotatable bonds is 6. The van der Waals surface area contributed by atoms with Crippen LogP contribution < -0.4 is 15.5 Å². The van der Waals surface area contributed by atoms with Gasteiger partial charge in [-0.25, -0.2) is 14.8 Å². The van der Waals surface area contributed by atoms with Crippen molar-refractivity contribution in [3.05, 3.63) is 67.0 Å². The van der Waals surface area contributed by atoms with Crippen molar-refractivity contribution in [3.8, 4) is 22.5 Å². The van der Waals surface area contributed by atoms with Crippen LogP contribution in [0.5, 0.6) is 0 Å². The van der Waals surface area contributed by atoms with E-state index in [1.807, 2.05) is 54.5 Å². The van der Waals surface area contributed by atoms with Crippen molar-refractivity contribution < 1.29 is 4.79 Å². The molecule has 0 bridgehead atoms. The number of carbonyl (C=O) groups excluding carboxylic acids is 1. The van der Waals surface area contributed by atoms with Crippen molar-refractivity contribution in [1.82, 2.24) is 29.5 Å². The molecule has 2 aliphatic heterocycles. The van der Waals surface area contributed by atoms with Gasteiger partial charge in [0.2, 0.25) is 5.95 Å². The lowest BCUT2D eigenvalue weighted by Gasteiger charge is -2.34. The van der Waals surface area contributed by atoms with E-state index < -0.39 is 0 Å². The summed E-state index contributed by atoms with van der Waals surface area (Å²) in [7, 11) is 4.07. The van der Waals surface area contributed by atoms with Crippen molar-refractivity contribution >= 4 is 29.0 Å². The topological polar surface area (TPSA) is 94.4 Å². The molecule has 2 saturated heterocycles. The van der Waals surface area contributed by atoms with Crippen LogP contribution in [-0.4, -0.2) is 81.9 Å². The number of amides is 2. The Morgan fingerprint density at radius 2 is 1.65 bits per heavy atom. The zero-order chi connectivity index (χ0) is 27.5. The molecule has 10 heteroatoms. The van der Waals surface area contributed by atoms with Crippen LogP contribution >= 0.6 is 0 Å². The molecule has 2 amide bonds. The van der Waals surface area contributed by atoms with Gasteiger partial charge in [0, 0.05) is 86.9 Å². The molecular weight excluding hydrogens is 502 g/mol. The van der Waals surface area contributed by atoms with E-state index in [9.17, 15) is 4.79 Å². The summed E-state index contributed by atoms with van der Waals surface area (Å²) >= 11 is 0. The highest BCUT2D eigenvalue weighted by Crippen LogP contribution is 2.31. The van der Waals surface area contributed by atoms with Gasteiger partial charge in [0.1, 0.15) is 5.69 Å². The molecule has 0 radical (unpaired) electrons. The third-order valence-electron chi connectivity index (χ3n) is 7.53. The second kappa shape index (κ2) is 11.4. The molecule has 10 nitrogen and oxygen atoms in total. The van der Waals surface area contributed by atoms with Crippen LogP contribution in [-0.2, 0) is 7.05 Å². The number of likely N-dealkylation sites (tertiary alicyclic amines) is 1. The summed E-state index contributed by atoms with van der Waals surface area (Å²) in [6, 6.07) is 18.1. The maximum atomic E-state index is 12.5. The Labute approximate surface area is 234 Å². The van der Waals surface area contributed by atoms with E-state index in [1.165, 1.54) is 5.69 Å². The standard InChI is InChI=1S/C30H35N9O/c1-36-16-18-38(19-17-36)25-7-5-6-24(20-25)32-29-31-13-12-27(34-29)26-21-37(2)35-28(26)22-8-10-23(11-9-22)33-30(40)39-14-3-4-15-39/h5-13,20-21H,3-4,14-19H2,1-2H3,(H,33,40)(H,31,32,34). The molecule has 2 aromatic carbocycles. The van der Waals surface area contributed by atoms with Crippen LogP contribution in [0.3, 0.4) is 0 Å². The second-order valence-electron chi connectivity index (χ2n) is 10.5. The number of hydrogen-bond donors (Lipinski definition) is 2. The van der Waals surface area contributed by atoms with Gasteiger partial charge in [0.25, 0.3) is 0 Å². The van der Waals surface area contributed by atoms with Gasteiger partial charge in [-0.3, -0.25) is 4.68 Å². The summed E-state index contributed by atoms with van der Waals surface area (Å²) in [6.07, 6.45) is 5.87. The average molecular weight is 538 g/mol. The van der Waals surface area contributed by atoms with Crippen LogP contribution in [0.15, 0.2) is 67.0 Å². The van der Waals surface area contributed by atoms with Crippen molar-refractivity contribution in [2.24, 2.45) is 7.05 Å². The molecule has 2 aliphatic rings. The first-order valence-corrected chi connectivity index (χ1v) is 13.9. The number of urea groups is 1. The lowest BCUT2D eigenvalue weighted by molar-refractivity contribution is 0.222. The Kier molecular flexibility index (Phi) is 7.33. The van der Waals surface area contributed by atoms with Crippen molar-refractivity contribution in [3.63, 3.8) is 0 Å². The van der Waals surface area contributed by atoms with Crippen molar-refractivity contribution in [1.29, 1.82) is 0 Å². The van der Waals surface area contributed by atoms with Crippen LogP contribution in [0.2, 0.25) is 0 Å². The van der Waals surface area contributed by atoms with Crippen LogP contribution in [0.4, 0.5) is 27.8 Å². The van der Waals surface area contributed by atoms with E-state index in [0.717, 1.165) is 86.0 Å². The van der Waals surface area contributed by atoms with Gasteiger partial charge in [-0.15, -0.1) is 0 Å². The van der Waals surface area contributed by atoms with Gasteiger partial charge in [0.05, 0.1) is 5.69 Å². The number of nitrogens with zero attached hydrogens (tertiary/aromatic N) is 7. The van der Waals surface area contributed by atoms with E-state index in [-0.39, 0.29) is 6.03 Å². The third kappa shape index (κ3) is 5.76. The first kappa shape index (κ1) is 25.8. The lowest BCUT2D eigenvalue weighted by Crippen LogP contribution is -2.44. The zero-order valence-corrected chi connectivity index (χ0v) is 23.0. The molecule has 2 aromatic heterocycles. The number of aromatic nitrogens is 4. The lowest BCUT2D eigenvalue weighted by atomic mass is 10.1. The Bertz CT molecular complexity index is 1470. The van der Waals surface area contributed by atoms with Crippen LogP contribution in [0.25, 0.3) is 22.5 Å². The van der Waals surface area contributed by atoms with Crippen molar-refractivity contribution in [2.75, 3.05) is 61.8 Å². The molecule has 2 fully saturated rings. The van der Waals surface area contributed by atoms with E-state index in [2.05, 4.69) is 50.7 Å². The highest BCUT2D eigenvalue weighted by molar-refractivity contribution is 5.90. The quantitative estimate of drug-likeness (QED) is 0.369. The Morgan fingerprint density at radius 3 is 2.42 bits per heavy atom. The third-order valence-corrected chi connectivity index (χ3v) is 7.53. The molecule has 206 valence electrons. The Morgan fingerprint density at radius 1 is 0.875 bits per heavy atom. The van der Waals surface area contributed by atoms with Gasteiger partial charge in [-0.2, -0.15) is 5.10 Å². The molecule has 6 rings (SSSR count). The molecule has 0 unspecified atom stereocenters. The normalized spacial score (nSPS) is 15.8. The maximum absolute atomic E-state index is 12.5. The molecule has 4 aromatic rings. The number of hydrogen-bond acceptors (Lipinski definition) is 7. The highest BCUT2D eigenvalue weighted by atomic mass is 16.2. The fourth-order valence-electron chi connectivity index (χ4n) is 5.27. The minimum absolute atomic E-state index is 0.0427. The second-order valence-corrected chi connectivity index (χ2v) is 10.5. The number of carbonyl (C=O) groups is 1. The molecule has 2 N–H and O–H groups in total. The Balaban J connectivity index is 1.19. The first-order chi connectivity index (χ1) is 19.5. The van der Waals surface area contributed by atoms with E-state index in [0.29, 0.717) is 5.95 Å². The highest BCUT2D eigenvalue weighted by Gasteiger charge is 2.19. The van der Waals surface area contributed by atoms with E-state index >= 15 is 0 Å². The first-order valence-electron chi connectivity index (χ1n) is 13.9. The number of likely N-dealkylation sites (N-methyl/N-ethyl adjacent to an activating group) is 1. The van der Waals surface area contributed by atoms with Gasteiger partial charge < -0.3 is 25.3 Å². The number of nitrogens with one attached hydrogen (secondary N) is 2. The summed E-state index contributed by atoms with van der Waals surface area (Å²) < 4.78 is 1.79. The predicted molar refractivity (Wildman–Crippen MR) is 159 cm³/mol. The zero-order valence-electron chi connectivity index (χ0n) is 23.0.